The lowest BCUT2D eigenvalue weighted by molar-refractivity contribution is -0.127. The molecule has 3 atom stereocenters. The number of para-hydroxylation sites is 1. The maximum Gasteiger partial charge on any atom is 0.407 e. The van der Waals surface area contributed by atoms with Gasteiger partial charge in [-0.05, 0) is 42.9 Å². The summed E-state index contributed by atoms with van der Waals surface area (Å²) >= 11 is 0. The van der Waals surface area contributed by atoms with Crippen LogP contribution in [0.2, 0.25) is 0 Å². The van der Waals surface area contributed by atoms with Crippen LogP contribution in [-0.4, -0.2) is 67.0 Å². The normalized spacial score (nSPS) is 13.6. The van der Waals surface area contributed by atoms with Gasteiger partial charge in [-0.15, -0.1) is 12.4 Å². The van der Waals surface area contributed by atoms with Gasteiger partial charge in [-0.3, -0.25) is 10.6 Å². The molecule has 0 aliphatic rings. The lowest BCUT2D eigenvalue weighted by atomic mass is 9.85. The fourth-order valence-corrected chi connectivity index (χ4v) is 4.44. The van der Waals surface area contributed by atoms with Crippen LogP contribution in [0.15, 0.2) is 54.6 Å². The monoisotopic (exact) mass is 563 g/mol. The molecular formula is C29H46ClN5O4. The van der Waals surface area contributed by atoms with Gasteiger partial charge in [-0.2, -0.15) is 0 Å². The zero-order chi connectivity index (χ0) is 28.3. The van der Waals surface area contributed by atoms with Crippen LogP contribution < -0.4 is 21.4 Å². The number of halogens is 1. The fraction of sp³-hybridized carbons (Fsp3) is 0.517. The second-order valence-electron chi connectivity index (χ2n) is 10.5. The van der Waals surface area contributed by atoms with Gasteiger partial charge in [-0.25, -0.2) is 9.80 Å². The summed E-state index contributed by atoms with van der Waals surface area (Å²) in [5.74, 6) is 6.00. The third-order valence-corrected chi connectivity index (χ3v) is 6.56. The number of rotatable bonds is 13. The Hall–Kier alpha value is -2.85. The molecule has 0 aliphatic heterocycles. The van der Waals surface area contributed by atoms with E-state index in [2.05, 4.69) is 35.4 Å². The number of aliphatic hydroxyl groups is 1. The average molecular weight is 564 g/mol. The lowest BCUT2D eigenvalue weighted by Gasteiger charge is -2.33. The van der Waals surface area contributed by atoms with E-state index in [9.17, 15) is 14.7 Å². The minimum Gasteiger partial charge on any atom is -0.453 e. The van der Waals surface area contributed by atoms with Gasteiger partial charge in [0.05, 0.1) is 19.3 Å². The number of carbonyl (C=O) groups is 2. The third kappa shape index (κ3) is 10.7. The van der Waals surface area contributed by atoms with E-state index in [1.54, 1.807) is 5.01 Å². The maximum absolute atomic E-state index is 13.4. The second-order valence-corrected chi connectivity index (χ2v) is 10.5. The number of ether oxygens (including phenoxy) is 1. The molecule has 218 valence electrons. The highest BCUT2D eigenvalue weighted by molar-refractivity contribution is 5.86. The Kier molecular flexibility index (Phi) is 14.3. The number of methoxy groups -OCH3 is 1. The first kappa shape index (κ1) is 34.2. The second kappa shape index (κ2) is 16.3. The van der Waals surface area contributed by atoms with E-state index >= 15 is 0 Å². The number of hydrazine groups is 1. The number of alkyl carbamates (subject to hydrolysis) is 1. The number of nitrogens with zero attached hydrogens (tertiary/aromatic N) is 2. The summed E-state index contributed by atoms with van der Waals surface area (Å²) in [6.45, 7) is 12.1. The van der Waals surface area contributed by atoms with Crippen molar-refractivity contribution in [3.05, 3.63) is 65.7 Å². The Labute approximate surface area is 239 Å². The molecule has 9 nitrogen and oxygen atoms in total. The highest BCUT2D eigenvalue weighted by Gasteiger charge is 2.35. The lowest BCUT2D eigenvalue weighted by Crippen LogP contribution is -2.58. The van der Waals surface area contributed by atoms with Crippen LogP contribution in [0.4, 0.5) is 10.5 Å². The van der Waals surface area contributed by atoms with E-state index in [-0.39, 0.29) is 19.0 Å². The Balaban J connectivity index is 0.00000760. The zero-order valence-electron chi connectivity index (χ0n) is 24.0. The van der Waals surface area contributed by atoms with Crippen LogP contribution in [-0.2, 0) is 22.5 Å². The molecule has 0 radical (unpaired) electrons. The van der Waals surface area contributed by atoms with Crippen LogP contribution in [0.3, 0.4) is 0 Å². The molecule has 2 aromatic rings. The molecule has 0 spiro atoms. The minimum absolute atomic E-state index is 0. The first-order chi connectivity index (χ1) is 18.0. The van der Waals surface area contributed by atoms with Gasteiger partial charge in [0.2, 0.25) is 5.91 Å². The molecular weight excluding hydrogens is 518 g/mol. The number of benzene rings is 2. The van der Waals surface area contributed by atoms with E-state index in [1.807, 2.05) is 69.3 Å². The summed E-state index contributed by atoms with van der Waals surface area (Å²) in [5.41, 5.74) is 2.54. The molecule has 0 heterocycles. The molecule has 39 heavy (non-hydrogen) atoms. The number of hydrogen-bond donors (Lipinski definition) is 4. The van der Waals surface area contributed by atoms with Crippen molar-refractivity contribution in [2.75, 3.05) is 31.6 Å². The highest BCUT2D eigenvalue weighted by atomic mass is 35.5. The van der Waals surface area contributed by atoms with Crippen LogP contribution in [0.5, 0.6) is 0 Å². The molecule has 0 saturated heterocycles. The van der Waals surface area contributed by atoms with Gasteiger partial charge >= 0.3 is 6.09 Å². The highest BCUT2D eigenvalue weighted by Crippen LogP contribution is 2.22. The van der Waals surface area contributed by atoms with E-state index in [4.69, 9.17) is 10.6 Å². The maximum atomic E-state index is 13.4. The predicted molar refractivity (Wildman–Crippen MR) is 159 cm³/mol. The standard InChI is InChI=1S/C29H45N5O4.ClH/c1-7-33(8-2)24-17-13-12-16-22(24)19-34(30)20-25(35)23(18-21-14-10-9-11-15-21)31-27(36)26(29(3,4)5)32-28(37)38-6;/h9-17,23,25-26,35H,7-8,18-20,30H2,1-6H3,(H,31,36)(H,32,37);1H/t23-,25-,26+;/m0./s1. The van der Waals surface area contributed by atoms with Crippen molar-refractivity contribution in [1.82, 2.24) is 15.6 Å². The Morgan fingerprint density at radius 1 is 1.00 bits per heavy atom. The minimum atomic E-state index is -0.969. The predicted octanol–water partition coefficient (Wildman–Crippen LogP) is 3.49. The topological polar surface area (TPSA) is 120 Å². The number of aliphatic hydroxyl groups excluding tert-OH is 1. The molecule has 0 bridgehead atoms. The Bertz CT molecular complexity index is 1010. The molecule has 10 heteroatoms. The summed E-state index contributed by atoms with van der Waals surface area (Å²) in [4.78, 5) is 27.6. The van der Waals surface area contributed by atoms with Crippen molar-refractivity contribution in [3.8, 4) is 0 Å². The summed E-state index contributed by atoms with van der Waals surface area (Å²) in [5, 5.41) is 18.5. The van der Waals surface area contributed by atoms with Gasteiger partial charge in [0, 0.05) is 31.9 Å². The van der Waals surface area contributed by atoms with Crippen LogP contribution in [0.25, 0.3) is 0 Å². The number of nitrogens with one attached hydrogen (secondary N) is 2. The number of nitrogens with two attached hydrogens (primary N) is 1. The molecule has 2 rings (SSSR count). The van der Waals surface area contributed by atoms with Gasteiger partial charge in [-0.1, -0.05) is 69.3 Å². The number of carbonyl (C=O) groups excluding carboxylic acids is 2. The molecule has 5 N–H and O–H groups in total. The molecule has 2 aromatic carbocycles. The van der Waals surface area contributed by atoms with Crippen LogP contribution in [0.1, 0.15) is 45.7 Å². The first-order valence-corrected chi connectivity index (χ1v) is 13.2. The summed E-state index contributed by atoms with van der Waals surface area (Å²) in [6.07, 6.45) is -1.27. The Morgan fingerprint density at radius 2 is 1.59 bits per heavy atom. The van der Waals surface area contributed by atoms with E-state index < -0.39 is 35.6 Å². The first-order valence-electron chi connectivity index (χ1n) is 13.2. The number of amides is 2. The summed E-state index contributed by atoms with van der Waals surface area (Å²) < 4.78 is 4.72. The van der Waals surface area contributed by atoms with Crippen molar-refractivity contribution in [2.45, 2.75) is 65.8 Å². The van der Waals surface area contributed by atoms with Gasteiger partial charge in [0.15, 0.2) is 0 Å². The van der Waals surface area contributed by atoms with E-state index in [0.29, 0.717) is 13.0 Å². The average Bonchev–Trinajstić information content (AvgIpc) is 2.88. The fourth-order valence-electron chi connectivity index (χ4n) is 4.44. The number of hydrogen-bond acceptors (Lipinski definition) is 7. The van der Waals surface area contributed by atoms with Crippen LogP contribution in [0, 0.1) is 5.41 Å². The number of anilines is 1. The van der Waals surface area contributed by atoms with Gasteiger partial charge in [0.25, 0.3) is 0 Å². The molecule has 0 unspecified atom stereocenters. The molecule has 0 saturated carbocycles. The van der Waals surface area contributed by atoms with Gasteiger partial charge < -0.3 is 25.4 Å². The van der Waals surface area contributed by atoms with Gasteiger partial charge in [0.1, 0.15) is 6.04 Å². The quantitative estimate of drug-likeness (QED) is 0.217. The van der Waals surface area contributed by atoms with Crippen molar-refractivity contribution in [2.24, 2.45) is 11.3 Å². The van der Waals surface area contributed by atoms with Crippen molar-refractivity contribution in [1.29, 1.82) is 0 Å². The van der Waals surface area contributed by atoms with Crippen LogP contribution >= 0.6 is 12.4 Å². The third-order valence-electron chi connectivity index (χ3n) is 6.56. The summed E-state index contributed by atoms with van der Waals surface area (Å²) in [7, 11) is 1.25. The molecule has 2 amide bonds. The zero-order valence-corrected chi connectivity index (χ0v) is 24.8. The molecule has 0 aromatic heterocycles. The molecule has 0 aliphatic carbocycles. The molecule has 0 fully saturated rings. The van der Waals surface area contributed by atoms with Crippen molar-refractivity contribution < 1.29 is 19.4 Å². The Morgan fingerprint density at radius 3 is 2.15 bits per heavy atom. The SMILES string of the molecule is CCN(CC)c1ccccc1CN(N)C[C@H](O)[C@H](Cc1ccccc1)NC(=O)[C@@H](NC(=O)OC)C(C)(C)C.Cl. The largest absolute Gasteiger partial charge is 0.453 e. The smallest absolute Gasteiger partial charge is 0.407 e. The van der Waals surface area contributed by atoms with Crippen molar-refractivity contribution >= 4 is 30.1 Å². The summed E-state index contributed by atoms with van der Waals surface area (Å²) in [6, 6.07) is 16.2. The van der Waals surface area contributed by atoms with Crippen molar-refractivity contribution in [3.63, 3.8) is 0 Å². The van der Waals surface area contributed by atoms with E-state index in [0.717, 1.165) is 29.9 Å². The van der Waals surface area contributed by atoms with E-state index in [1.165, 1.54) is 7.11 Å².